The number of hydrogen-bond donors (Lipinski definition) is 0. The van der Waals surface area contributed by atoms with Crippen LogP contribution in [0.25, 0.3) is 78.0 Å². The highest BCUT2D eigenvalue weighted by molar-refractivity contribution is 6.21. The monoisotopic (exact) mass is 601 g/mol. The molecule has 3 heteroatoms. The first-order valence-electron chi connectivity index (χ1n) is 16.1. The summed E-state index contributed by atoms with van der Waals surface area (Å²) in [6.07, 6.45) is 0. The molecular weight excluding hydrogens is 571 g/mol. The van der Waals surface area contributed by atoms with Gasteiger partial charge in [-0.3, -0.25) is 0 Å². The average molecular weight is 602 g/mol. The van der Waals surface area contributed by atoms with Gasteiger partial charge in [-0.15, -0.1) is 0 Å². The fourth-order valence-corrected chi connectivity index (χ4v) is 7.45. The molecule has 0 spiro atoms. The van der Waals surface area contributed by atoms with Crippen molar-refractivity contribution in [2.45, 2.75) is 19.3 Å². The smallest absolute Gasteiger partial charge is 0.165 e. The molecule has 7 aromatic carbocycles. The third kappa shape index (κ3) is 4.31. The van der Waals surface area contributed by atoms with E-state index in [2.05, 4.69) is 129 Å². The van der Waals surface area contributed by atoms with Crippen LogP contribution in [0.4, 0.5) is 0 Å². The molecule has 0 saturated carbocycles. The molecule has 0 N–H and O–H groups in total. The molecule has 0 radical (unpaired) electrons. The van der Waals surface area contributed by atoms with Gasteiger partial charge in [0.15, 0.2) is 17.5 Å². The Kier molecular flexibility index (Phi) is 6.16. The molecule has 1 aliphatic rings. The van der Waals surface area contributed by atoms with Crippen LogP contribution in [-0.4, -0.2) is 15.0 Å². The fraction of sp³-hybridized carbons (Fsp3) is 0.0682. The Balaban J connectivity index is 1.40. The third-order valence-electron chi connectivity index (χ3n) is 9.73. The van der Waals surface area contributed by atoms with Gasteiger partial charge >= 0.3 is 0 Å². The van der Waals surface area contributed by atoms with Gasteiger partial charge in [-0.2, -0.15) is 0 Å². The van der Waals surface area contributed by atoms with Gasteiger partial charge in [-0.05, 0) is 55.4 Å². The second kappa shape index (κ2) is 10.6. The molecule has 8 aromatic rings. The van der Waals surface area contributed by atoms with Gasteiger partial charge in [0.2, 0.25) is 0 Å². The Morgan fingerprint density at radius 1 is 0.362 bits per heavy atom. The zero-order valence-corrected chi connectivity index (χ0v) is 26.3. The van der Waals surface area contributed by atoms with Crippen molar-refractivity contribution >= 4 is 21.5 Å². The zero-order valence-electron chi connectivity index (χ0n) is 26.3. The van der Waals surface area contributed by atoms with Gasteiger partial charge in [0.25, 0.3) is 0 Å². The topological polar surface area (TPSA) is 38.7 Å². The Hall–Kier alpha value is -5.93. The highest BCUT2D eigenvalue weighted by atomic mass is 15.0. The summed E-state index contributed by atoms with van der Waals surface area (Å²) in [5.74, 6) is 1.98. The van der Waals surface area contributed by atoms with Crippen LogP contribution in [0.3, 0.4) is 0 Å². The zero-order chi connectivity index (χ0) is 31.5. The van der Waals surface area contributed by atoms with Gasteiger partial charge in [0, 0.05) is 27.7 Å². The Morgan fingerprint density at radius 3 is 1.45 bits per heavy atom. The van der Waals surface area contributed by atoms with E-state index in [1.54, 1.807) is 0 Å². The molecule has 9 rings (SSSR count). The largest absolute Gasteiger partial charge is 0.208 e. The summed E-state index contributed by atoms with van der Waals surface area (Å²) in [5.41, 5.74) is 10.4. The van der Waals surface area contributed by atoms with Crippen molar-refractivity contribution in [2.24, 2.45) is 0 Å². The van der Waals surface area contributed by atoms with E-state index in [0.29, 0.717) is 17.5 Å². The summed E-state index contributed by atoms with van der Waals surface area (Å²) in [4.78, 5) is 15.5. The quantitative estimate of drug-likeness (QED) is 0.188. The van der Waals surface area contributed by atoms with Crippen molar-refractivity contribution < 1.29 is 0 Å². The number of benzene rings is 7. The maximum absolute atomic E-state index is 5.25. The van der Waals surface area contributed by atoms with Crippen LogP contribution in [-0.2, 0) is 5.41 Å². The predicted octanol–water partition coefficient (Wildman–Crippen LogP) is 11.2. The Morgan fingerprint density at radius 2 is 0.830 bits per heavy atom. The van der Waals surface area contributed by atoms with Crippen molar-refractivity contribution in [2.75, 3.05) is 0 Å². The standard InChI is InChI=1S/C44H31N3/c1-44(2)37-24-14-13-21-33(37)34-26-25-30(27-38(34)44)39-35-22-11-9-19-31(35)32-20-10-12-23-36(32)40(39)43-46-41(28-15-5-3-6-16-28)45-42(47-43)29-17-7-4-8-18-29/h3-27H,1-2H3. The molecule has 0 saturated heterocycles. The second-order valence-corrected chi connectivity index (χ2v) is 12.8. The number of aromatic nitrogens is 3. The molecule has 1 heterocycles. The summed E-state index contributed by atoms with van der Waals surface area (Å²) in [7, 11) is 0. The SMILES string of the molecule is CC1(C)c2ccccc2-c2ccc(-c3c(-c4nc(-c5ccccc5)nc(-c5ccccc5)n4)c4ccccc4c4ccccc34)cc21. The molecule has 0 fully saturated rings. The van der Waals surface area contributed by atoms with Crippen LogP contribution in [0.2, 0.25) is 0 Å². The van der Waals surface area contributed by atoms with E-state index in [-0.39, 0.29) is 5.41 Å². The van der Waals surface area contributed by atoms with Crippen LogP contribution >= 0.6 is 0 Å². The van der Waals surface area contributed by atoms with Crippen molar-refractivity contribution in [3.63, 3.8) is 0 Å². The minimum absolute atomic E-state index is 0.122. The maximum Gasteiger partial charge on any atom is 0.165 e. The van der Waals surface area contributed by atoms with E-state index < -0.39 is 0 Å². The van der Waals surface area contributed by atoms with Crippen molar-refractivity contribution in [3.8, 4) is 56.4 Å². The number of rotatable bonds is 4. The fourth-order valence-electron chi connectivity index (χ4n) is 7.45. The van der Waals surface area contributed by atoms with E-state index in [1.165, 1.54) is 38.4 Å². The molecule has 0 unspecified atom stereocenters. The summed E-state index contributed by atoms with van der Waals surface area (Å²) >= 11 is 0. The van der Waals surface area contributed by atoms with Crippen molar-refractivity contribution in [1.82, 2.24) is 15.0 Å². The van der Waals surface area contributed by atoms with Crippen LogP contribution in [0.1, 0.15) is 25.0 Å². The highest BCUT2D eigenvalue weighted by Gasteiger charge is 2.35. The lowest BCUT2D eigenvalue weighted by Gasteiger charge is -2.23. The van der Waals surface area contributed by atoms with E-state index in [0.717, 1.165) is 33.2 Å². The lowest BCUT2D eigenvalue weighted by Crippen LogP contribution is -2.15. The summed E-state index contributed by atoms with van der Waals surface area (Å²) < 4.78 is 0. The van der Waals surface area contributed by atoms with Crippen molar-refractivity contribution in [1.29, 1.82) is 0 Å². The van der Waals surface area contributed by atoms with Crippen LogP contribution in [0, 0.1) is 0 Å². The van der Waals surface area contributed by atoms with Crippen LogP contribution in [0.5, 0.6) is 0 Å². The first-order valence-corrected chi connectivity index (χ1v) is 16.1. The van der Waals surface area contributed by atoms with Crippen LogP contribution in [0.15, 0.2) is 152 Å². The molecule has 222 valence electrons. The lowest BCUT2D eigenvalue weighted by molar-refractivity contribution is 0.660. The Labute approximate surface area is 274 Å². The number of fused-ring (bicyclic) bond motifs is 6. The molecular formula is C44H31N3. The summed E-state index contributed by atoms with van der Waals surface area (Å²) in [6.45, 7) is 4.68. The minimum atomic E-state index is -0.122. The van der Waals surface area contributed by atoms with E-state index in [9.17, 15) is 0 Å². The number of nitrogens with zero attached hydrogens (tertiary/aromatic N) is 3. The van der Waals surface area contributed by atoms with Crippen LogP contribution < -0.4 is 0 Å². The Bertz CT molecular complexity index is 2420. The van der Waals surface area contributed by atoms with Gasteiger partial charge < -0.3 is 0 Å². The first kappa shape index (κ1) is 27.4. The second-order valence-electron chi connectivity index (χ2n) is 12.8. The molecule has 47 heavy (non-hydrogen) atoms. The molecule has 0 amide bonds. The predicted molar refractivity (Wildman–Crippen MR) is 194 cm³/mol. The van der Waals surface area contributed by atoms with E-state index >= 15 is 0 Å². The molecule has 1 aliphatic carbocycles. The maximum atomic E-state index is 5.25. The minimum Gasteiger partial charge on any atom is -0.208 e. The van der Waals surface area contributed by atoms with E-state index in [1.807, 2.05) is 36.4 Å². The lowest BCUT2D eigenvalue weighted by atomic mass is 9.80. The van der Waals surface area contributed by atoms with Gasteiger partial charge in [-0.25, -0.2) is 15.0 Å². The molecule has 0 atom stereocenters. The van der Waals surface area contributed by atoms with Gasteiger partial charge in [-0.1, -0.05) is 159 Å². The molecule has 0 aliphatic heterocycles. The number of hydrogen-bond acceptors (Lipinski definition) is 3. The first-order chi connectivity index (χ1) is 23.1. The van der Waals surface area contributed by atoms with E-state index in [4.69, 9.17) is 15.0 Å². The molecule has 1 aromatic heterocycles. The summed E-state index contributed by atoms with van der Waals surface area (Å²) in [6, 6.07) is 53.6. The van der Waals surface area contributed by atoms with Gasteiger partial charge in [0.05, 0.1) is 0 Å². The average Bonchev–Trinajstić information content (AvgIpc) is 3.37. The van der Waals surface area contributed by atoms with Crippen molar-refractivity contribution in [3.05, 3.63) is 163 Å². The highest BCUT2D eigenvalue weighted by Crippen LogP contribution is 2.51. The molecule has 0 bridgehead atoms. The molecule has 3 nitrogen and oxygen atoms in total. The normalized spacial score (nSPS) is 13.1. The van der Waals surface area contributed by atoms with Gasteiger partial charge in [0.1, 0.15) is 0 Å². The third-order valence-corrected chi connectivity index (χ3v) is 9.73. The summed E-state index contributed by atoms with van der Waals surface area (Å²) in [5, 5.41) is 4.69.